The second kappa shape index (κ2) is 6.03. The second-order valence-electron chi connectivity index (χ2n) is 3.47. The largest absolute Gasteiger partial charge is 0.370 e. The molecule has 0 saturated heterocycles. The lowest BCUT2D eigenvalue weighted by molar-refractivity contribution is -0.168. The van der Waals surface area contributed by atoms with Gasteiger partial charge in [0, 0.05) is 5.02 Å². The smallest absolute Gasteiger partial charge is 0.330 e. The van der Waals surface area contributed by atoms with Crippen LogP contribution in [0.5, 0.6) is 0 Å². The zero-order valence-electron chi connectivity index (χ0n) is 8.97. The van der Waals surface area contributed by atoms with Crippen LogP contribution in [-0.2, 0) is 11.3 Å². The first-order valence-electron chi connectivity index (χ1n) is 4.79. The van der Waals surface area contributed by atoms with E-state index in [1.54, 1.807) is 0 Å². The van der Waals surface area contributed by atoms with E-state index in [1.807, 2.05) is 6.07 Å². The van der Waals surface area contributed by atoms with Crippen molar-refractivity contribution in [2.24, 2.45) is 0 Å². The molecule has 0 saturated carbocycles. The summed E-state index contributed by atoms with van der Waals surface area (Å²) in [6, 6.07) is 6.03. The normalized spacial score (nSPS) is 11.6. The molecule has 1 aromatic rings. The fraction of sp³-hybridized carbons (Fsp3) is 0.364. The van der Waals surface area contributed by atoms with Crippen LogP contribution < -0.4 is 0 Å². The fourth-order valence-electron chi connectivity index (χ4n) is 1.09. The summed E-state index contributed by atoms with van der Waals surface area (Å²) < 4.78 is 53.2. The molecule has 18 heavy (non-hydrogen) atoms. The molecule has 7 heteroatoms. The van der Waals surface area contributed by atoms with Crippen LogP contribution in [0.3, 0.4) is 0 Å². The van der Waals surface area contributed by atoms with E-state index in [0.717, 1.165) is 0 Å². The Bertz CT molecular complexity index is 459. The van der Waals surface area contributed by atoms with E-state index in [0.29, 0.717) is 11.1 Å². The Morgan fingerprint density at radius 2 is 2.06 bits per heavy atom. The Morgan fingerprint density at radius 1 is 1.39 bits per heavy atom. The van der Waals surface area contributed by atoms with E-state index < -0.39 is 19.0 Å². The Kier molecular flexibility index (Phi) is 4.93. The van der Waals surface area contributed by atoms with Crippen LogP contribution >= 0.6 is 11.6 Å². The van der Waals surface area contributed by atoms with Crippen LogP contribution in [0.25, 0.3) is 0 Å². The third-order valence-electron chi connectivity index (χ3n) is 2.05. The zero-order chi connectivity index (χ0) is 13.8. The molecule has 0 N–H and O–H groups in total. The molecule has 98 valence electrons. The average molecular weight is 282 g/mol. The second-order valence-corrected chi connectivity index (χ2v) is 3.88. The monoisotopic (exact) mass is 281 g/mol. The van der Waals surface area contributed by atoms with E-state index >= 15 is 0 Å². The van der Waals surface area contributed by atoms with Crippen molar-refractivity contribution in [1.82, 2.24) is 0 Å². The minimum atomic E-state index is -4.18. The van der Waals surface area contributed by atoms with Crippen molar-refractivity contribution < 1.29 is 22.3 Å². The zero-order valence-corrected chi connectivity index (χ0v) is 9.72. The first kappa shape index (κ1) is 14.7. The van der Waals surface area contributed by atoms with Gasteiger partial charge in [0.15, 0.2) is 0 Å². The maximum absolute atomic E-state index is 12.5. The van der Waals surface area contributed by atoms with Gasteiger partial charge in [-0.1, -0.05) is 17.7 Å². The van der Waals surface area contributed by atoms with Crippen molar-refractivity contribution in [3.8, 4) is 6.07 Å². The molecule has 0 aliphatic heterocycles. The maximum Gasteiger partial charge on any atom is 0.330 e. The molecular weight excluding hydrogens is 274 g/mol. The van der Waals surface area contributed by atoms with E-state index in [2.05, 4.69) is 4.74 Å². The van der Waals surface area contributed by atoms with Gasteiger partial charge in [0.1, 0.15) is 6.61 Å². The average Bonchev–Trinajstić information content (AvgIpc) is 2.30. The van der Waals surface area contributed by atoms with Gasteiger partial charge in [-0.15, -0.1) is 0 Å². The standard InChI is InChI=1S/C11H8ClF4NO/c12-9-3-7(4-17)1-2-8(9)5-18-6-11(15,16)10(13)14/h1-3,10H,5-6H2. The summed E-state index contributed by atoms with van der Waals surface area (Å²) in [7, 11) is 0. The lowest BCUT2D eigenvalue weighted by Crippen LogP contribution is -2.32. The van der Waals surface area contributed by atoms with Gasteiger partial charge in [0.2, 0.25) is 0 Å². The molecule has 0 unspecified atom stereocenters. The predicted octanol–water partition coefficient (Wildman–Crippen LogP) is 3.63. The first-order valence-corrected chi connectivity index (χ1v) is 5.17. The van der Waals surface area contributed by atoms with Crippen molar-refractivity contribution in [3.05, 3.63) is 34.3 Å². The van der Waals surface area contributed by atoms with Gasteiger partial charge in [-0.25, -0.2) is 8.78 Å². The molecule has 0 amide bonds. The van der Waals surface area contributed by atoms with E-state index in [9.17, 15) is 17.6 Å². The third-order valence-corrected chi connectivity index (χ3v) is 2.41. The Hall–Kier alpha value is -1.32. The highest BCUT2D eigenvalue weighted by Crippen LogP contribution is 2.24. The lowest BCUT2D eigenvalue weighted by atomic mass is 10.1. The van der Waals surface area contributed by atoms with Crippen LogP contribution in [0.15, 0.2) is 18.2 Å². The molecule has 0 bridgehead atoms. The summed E-state index contributed by atoms with van der Waals surface area (Å²) in [6.07, 6.45) is -3.77. The Labute approximate surface area is 106 Å². The van der Waals surface area contributed by atoms with Crippen molar-refractivity contribution in [2.45, 2.75) is 19.0 Å². The van der Waals surface area contributed by atoms with E-state index in [4.69, 9.17) is 16.9 Å². The number of benzene rings is 1. The summed E-state index contributed by atoms with van der Waals surface area (Å²) >= 11 is 5.75. The fourth-order valence-corrected chi connectivity index (χ4v) is 1.33. The molecule has 0 aliphatic rings. The molecule has 0 atom stereocenters. The number of hydrogen-bond donors (Lipinski definition) is 0. The molecule has 0 fully saturated rings. The maximum atomic E-state index is 12.5. The molecule has 0 radical (unpaired) electrons. The number of hydrogen-bond acceptors (Lipinski definition) is 2. The SMILES string of the molecule is N#Cc1ccc(COCC(F)(F)C(F)F)c(Cl)c1. The number of nitrogens with zero attached hydrogens (tertiary/aromatic N) is 1. The van der Waals surface area contributed by atoms with Crippen LogP contribution in [0.2, 0.25) is 5.02 Å². The highest BCUT2D eigenvalue weighted by Gasteiger charge is 2.40. The summed E-state index contributed by atoms with van der Waals surface area (Å²) in [6.45, 7) is -1.71. The van der Waals surface area contributed by atoms with Crippen LogP contribution in [0.4, 0.5) is 17.6 Å². The number of nitriles is 1. The third kappa shape index (κ3) is 3.86. The summed E-state index contributed by atoms with van der Waals surface area (Å²) in [5.41, 5.74) is 0.655. The molecule has 0 aliphatic carbocycles. The predicted molar refractivity (Wildman–Crippen MR) is 56.8 cm³/mol. The lowest BCUT2D eigenvalue weighted by Gasteiger charge is -2.15. The first-order chi connectivity index (χ1) is 8.36. The van der Waals surface area contributed by atoms with Gasteiger partial charge in [-0.05, 0) is 17.7 Å². The minimum absolute atomic E-state index is 0.161. The molecule has 0 aromatic heterocycles. The van der Waals surface area contributed by atoms with Crippen molar-refractivity contribution >= 4 is 11.6 Å². The minimum Gasteiger partial charge on any atom is -0.370 e. The summed E-state index contributed by atoms with van der Waals surface area (Å²) in [5, 5.41) is 8.74. The van der Waals surface area contributed by atoms with Crippen molar-refractivity contribution in [2.75, 3.05) is 6.61 Å². The van der Waals surface area contributed by atoms with E-state index in [1.165, 1.54) is 18.2 Å². The summed E-state index contributed by atoms with van der Waals surface area (Å²) in [5.74, 6) is -4.18. The number of ether oxygens (including phenoxy) is 1. The van der Waals surface area contributed by atoms with Crippen LogP contribution in [0.1, 0.15) is 11.1 Å². The summed E-state index contributed by atoms with van der Waals surface area (Å²) in [4.78, 5) is 0. The van der Waals surface area contributed by atoms with Gasteiger partial charge in [-0.2, -0.15) is 14.0 Å². The molecule has 1 aromatic carbocycles. The van der Waals surface area contributed by atoms with Gasteiger partial charge in [-0.3, -0.25) is 0 Å². The Balaban J connectivity index is 2.58. The van der Waals surface area contributed by atoms with Crippen molar-refractivity contribution in [1.29, 1.82) is 5.26 Å². The van der Waals surface area contributed by atoms with Crippen molar-refractivity contribution in [3.63, 3.8) is 0 Å². The van der Waals surface area contributed by atoms with Crippen LogP contribution in [-0.4, -0.2) is 19.0 Å². The number of alkyl halides is 4. The number of halogens is 5. The van der Waals surface area contributed by atoms with Gasteiger partial charge < -0.3 is 4.74 Å². The molecule has 2 nitrogen and oxygen atoms in total. The van der Waals surface area contributed by atoms with Crippen LogP contribution in [0, 0.1) is 11.3 Å². The number of rotatable bonds is 5. The molecule has 0 spiro atoms. The topological polar surface area (TPSA) is 33.0 Å². The highest BCUT2D eigenvalue weighted by atomic mass is 35.5. The molecular formula is C11H8ClF4NO. The highest BCUT2D eigenvalue weighted by molar-refractivity contribution is 6.31. The van der Waals surface area contributed by atoms with Gasteiger partial charge in [0.05, 0.1) is 18.2 Å². The molecule has 1 rings (SSSR count). The Morgan fingerprint density at radius 3 is 2.56 bits per heavy atom. The van der Waals surface area contributed by atoms with Gasteiger partial charge >= 0.3 is 12.3 Å². The van der Waals surface area contributed by atoms with E-state index in [-0.39, 0.29) is 11.6 Å². The quantitative estimate of drug-likeness (QED) is 0.772. The molecule has 0 heterocycles. The van der Waals surface area contributed by atoms with Gasteiger partial charge in [0.25, 0.3) is 0 Å².